The Morgan fingerprint density at radius 3 is 2.80 bits per heavy atom. The summed E-state index contributed by atoms with van der Waals surface area (Å²) < 4.78 is 4.87. The van der Waals surface area contributed by atoms with Crippen LogP contribution in [0.5, 0.6) is 0 Å². The van der Waals surface area contributed by atoms with Crippen LogP contribution in [-0.4, -0.2) is 39.3 Å². The number of carbonyl (C=O) groups is 1. The molecule has 2 rings (SSSR count). The molecule has 0 radical (unpaired) electrons. The van der Waals surface area contributed by atoms with E-state index in [0.29, 0.717) is 42.7 Å². The summed E-state index contributed by atoms with van der Waals surface area (Å²) in [7, 11) is 0. The maximum absolute atomic E-state index is 11.5. The lowest BCUT2D eigenvalue weighted by Crippen LogP contribution is -2.24. The van der Waals surface area contributed by atoms with Crippen molar-refractivity contribution in [1.29, 1.82) is 0 Å². The number of hydrogen-bond donors (Lipinski definition) is 2. The molecule has 1 amide bonds. The predicted octanol–water partition coefficient (Wildman–Crippen LogP) is 0.572. The smallest absolute Gasteiger partial charge is 0.271 e. The number of rotatable bonds is 6. The highest BCUT2D eigenvalue weighted by atomic mass is 16.5. The fourth-order valence-corrected chi connectivity index (χ4v) is 1.54. The van der Waals surface area contributed by atoms with Crippen LogP contribution in [0.4, 0.5) is 5.82 Å². The lowest BCUT2D eigenvalue weighted by atomic mass is 10.3. The summed E-state index contributed by atoms with van der Waals surface area (Å²) in [6.45, 7) is 4.76. The van der Waals surface area contributed by atoms with Crippen LogP contribution in [0.15, 0.2) is 16.7 Å². The normalized spacial score (nSPS) is 10.3. The molecule has 2 aromatic heterocycles. The Labute approximate surface area is 116 Å². The molecule has 2 heterocycles. The molecule has 0 aliphatic rings. The van der Waals surface area contributed by atoms with Crippen molar-refractivity contribution in [3.05, 3.63) is 29.5 Å². The highest BCUT2D eigenvalue weighted by Gasteiger charge is 2.06. The van der Waals surface area contributed by atoms with Gasteiger partial charge in [0.1, 0.15) is 5.82 Å². The standard InChI is InChI=1S/C12H16N6O2/c1-3-13-12(19)9-4-5-10(17-16-9)14-7-6-11-15-8(2)20-18-11/h4-5H,3,6-7H2,1-2H3,(H,13,19)(H,14,17). The molecule has 8 heteroatoms. The van der Waals surface area contributed by atoms with Gasteiger partial charge >= 0.3 is 0 Å². The molecule has 0 aromatic carbocycles. The summed E-state index contributed by atoms with van der Waals surface area (Å²) in [4.78, 5) is 15.6. The lowest BCUT2D eigenvalue weighted by Gasteiger charge is -2.04. The molecule has 0 saturated heterocycles. The topological polar surface area (TPSA) is 106 Å². The zero-order valence-corrected chi connectivity index (χ0v) is 11.4. The third kappa shape index (κ3) is 3.74. The van der Waals surface area contributed by atoms with E-state index in [1.54, 1.807) is 19.1 Å². The second-order valence-corrected chi connectivity index (χ2v) is 4.07. The fraction of sp³-hybridized carbons (Fsp3) is 0.417. The van der Waals surface area contributed by atoms with Gasteiger partial charge in [-0.15, -0.1) is 10.2 Å². The number of carbonyl (C=O) groups excluding carboxylic acids is 1. The molecule has 0 fully saturated rings. The van der Waals surface area contributed by atoms with Crippen molar-refractivity contribution in [2.75, 3.05) is 18.4 Å². The van der Waals surface area contributed by atoms with Gasteiger partial charge in [-0.2, -0.15) is 4.98 Å². The Hall–Kier alpha value is -2.51. The molecule has 8 nitrogen and oxygen atoms in total. The van der Waals surface area contributed by atoms with Gasteiger partial charge < -0.3 is 15.2 Å². The maximum atomic E-state index is 11.5. The number of anilines is 1. The lowest BCUT2D eigenvalue weighted by molar-refractivity contribution is 0.0950. The van der Waals surface area contributed by atoms with Crippen LogP contribution >= 0.6 is 0 Å². The minimum Gasteiger partial charge on any atom is -0.368 e. The number of hydrogen-bond acceptors (Lipinski definition) is 7. The van der Waals surface area contributed by atoms with E-state index in [2.05, 4.69) is 31.0 Å². The molecule has 0 spiro atoms. The van der Waals surface area contributed by atoms with E-state index in [1.165, 1.54) is 0 Å². The van der Waals surface area contributed by atoms with Crippen molar-refractivity contribution in [2.45, 2.75) is 20.3 Å². The second-order valence-electron chi connectivity index (χ2n) is 4.07. The highest BCUT2D eigenvalue weighted by molar-refractivity contribution is 5.92. The molecular formula is C12H16N6O2. The van der Waals surface area contributed by atoms with Crippen molar-refractivity contribution in [1.82, 2.24) is 25.7 Å². The zero-order chi connectivity index (χ0) is 14.4. The Morgan fingerprint density at radius 2 is 2.20 bits per heavy atom. The highest BCUT2D eigenvalue weighted by Crippen LogP contribution is 2.03. The van der Waals surface area contributed by atoms with Gasteiger partial charge in [0.05, 0.1) is 0 Å². The minimum absolute atomic E-state index is 0.228. The molecule has 106 valence electrons. The van der Waals surface area contributed by atoms with E-state index in [1.807, 2.05) is 6.92 Å². The monoisotopic (exact) mass is 276 g/mol. The van der Waals surface area contributed by atoms with Gasteiger partial charge in [-0.05, 0) is 19.1 Å². The maximum Gasteiger partial charge on any atom is 0.271 e. The van der Waals surface area contributed by atoms with Crippen LogP contribution in [0.25, 0.3) is 0 Å². The van der Waals surface area contributed by atoms with Gasteiger partial charge in [-0.3, -0.25) is 4.79 Å². The number of amides is 1. The van der Waals surface area contributed by atoms with Gasteiger partial charge in [-0.25, -0.2) is 0 Å². The van der Waals surface area contributed by atoms with Crippen molar-refractivity contribution >= 4 is 11.7 Å². The number of nitrogens with zero attached hydrogens (tertiary/aromatic N) is 4. The van der Waals surface area contributed by atoms with Crippen molar-refractivity contribution in [3.8, 4) is 0 Å². The van der Waals surface area contributed by atoms with Gasteiger partial charge in [0, 0.05) is 26.4 Å². The van der Waals surface area contributed by atoms with E-state index >= 15 is 0 Å². The summed E-state index contributed by atoms with van der Waals surface area (Å²) in [5, 5.41) is 17.3. The third-order valence-corrected chi connectivity index (χ3v) is 2.46. The molecule has 20 heavy (non-hydrogen) atoms. The molecule has 2 N–H and O–H groups in total. The van der Waals surface area contributed by atoms with E-state index in [0.717, 1.165) is 0 Å². The fourth-order valence-electron chi connectivity index (χ4n) is 1.54. The first kappa shape index (κ1) is 13.9. The molecule has 0 saturated carbocycles. The average molecular weight is 276 g/mol. The van der Waals surface area contributed by atoms with Crippen LogP contribution in [0.1, 0.15) is 29.1 Å². The summed E-state index contributed by atoms with van der Waals surface area (Å²) in [5.74, 6) is 1.56. The first-order valence-electron chi connectivity index (χ1n) is 6.34. The van der Waals surface area contributed by atoms with Crippen LogP contribution < -0.4 is 10.6 Å². The zero-order valence-electron chi connectivity index (χ0n) is 11.4. The first-order chi connectivity index (χ1) is 9.69. The summed E-state index contributed by atoms with van der Waals surface area (Å²) in [6, 6.07) is 3.33. The van der Waals surface area contributed by atoms with Crippen molar-refractivity contribution in [3.63, 3.8) is 0 Å². The van der Waals surface area contributed by atoms with Gasteiger partial charge in [-0.1, -0.05) is 5.16 Å². The minimum atomic E-state index is -0.228. The summed E-state index contributed by atoms with van der Waals surface area (Å²) in [6.07, 6.45) is 0.622. The molecule has 0 bridgehead atoms. The van der Waals surface area contributed by atoms with Gasteiger partial charge in [0.15, 0.2) is 11.5 Å². The van der Waals surface area contributed by atoms with Crippen LogP contribution in [0.3, 0.4) is 0 Å². The van der Waals surface area contributed by atoms with Crippen LogP contribution in [-0.2, 0) is 6.42 Å². The quantitative estimate of drug-likeness (QED) is 0.794. The average Bonchev–Trinajstić information content (AvgIpc) is 2.85. The van der Waals surface area contributed by atoms with E-state index in [-0.39, 0.29) is 5.91 Å². The Morgan fingerprint density at radius 1 is 1.35 bits per heavy atom. The Balaban J connectivity index is 1.83. The molecule has 0 unspecified atom stereocenters. The van der Waals surface area contributed by atoms with E-state index in [4.69, 9.17) is 4.52 Å². The first-order valence-corrected chi connectivity index (χ1v) is 6.34. The molecule has 0 atom stereocenters. The molecule has 2 aromatic rings. The number of aryl methyl sites for hydroxylation is 1. The summed E-state index contributed by atoms with van der Waals surface area (Å²) >= 11 is 0. The SMILES string of the molecule is CCNC(=O)c1ccc(NCCc2noc(C)n2)nn1. The molecular weight excluding hydrogens is 260 g/mol. The van der Waals surface area contributed by atoms with Crippen molar-refractivity contribution in [2.24, 2.45) is 0 Å². The van der Waals surface area contributed by atoms with Crippen LogP contribution in [0, 0.1) is 6.92 Å². The second kappa shape index (κ2) is 6.60. The third-order valence-electron chi connectivity index (χ3n) is 2.46. The molecule has 0 aliphatic carbocycles. The Bertz CT molecular complexity index is 566. The largest absolute Gasteiger partial charge is 0.368 e. The van der Waals surface area contributed by atoms with E-state index in [9.17, 15) is 4.79 Å². The van der Waals surface area contributed by atoms with E-state index < -0.39 is 0 Å². The number of nitrogens with one attached hydrogen (secondary N) is 2. The predicted molar refractivity (Wildman–Crippen MR) is 71.3 cm³/mol. The van der Waals surface area contributed by atoms with Gasteiger partial charge in [0.25, 0.3) is 5.91 Å². The van der Waals surface area contributed by atoms with Crippen LogP contribution in [0.2, 0.25) is 0 Å². The molecule has 0 aliphatic heterocycles. The van der Waals surface area contributed by atoms with Crippen molar-refractivity contribution < 1.29 is 9.32 Å². The van der Waals surface area contributed by atoms with Gasteiger partial charge in [0.2, 0.25) is 5.89 Å². The Kier molecular flexibility index (Phi) is 4.59. The number of aromatic nitrogens is 4. The summed E-state index contributed by atoms with van der Waals surface area (Å²) in [5.41, 5.74) is 0.297.